The highest BCUT2D eigenvalue weighted by Crippen LogP contribution is 2.39. The Morgan fingerprint density at radius 3 is 2.50 bits per heavy atom. The van der Waals surface area contributed by atoms with Gasteiger partial charge < -0.3 is 15.0 Å². The zero-order valence-electron chi connectivity index (χ0n) is 30.9. The van der Waals surface area contributed by atoms with Crippen LogP contribution in [0.4, 0.5) is 24.7 Å². The minimum Gasteiger partial charge on any atom is -0.494 e. The summed E-state index contributed by atoms with van der Waals surface area (Å²) in [6.07, 6.45) is 3.21. The van der Waals surface area contributed by atoms with Crippen LogP contribution in [0.2, 0.25) is 0 Å². The number of benzene rings is 1. The van der Waals surface area contributed by atoms with Crippen LogP contribution < -0.4 is 26.0 Å². The number of carbonyl (C=O) groups excluding carboxylic acids is 3. The van der Waals surface area contributed by atoms with Crippen molar-refractivity contribution in [3.05, 3.63) is 70.7 Å². The van der Waals surface area contributed by atoms with E-state index < -0.39 is 29.7 Å². The number of pyridine rings is 2. The summed E-state index contributed by atoms with van der Waals surface area (Å²) in [6.45, 7) is 4.11. The number of fused-ring (bicyclic) bond motifs is 2. The molecule has 15 nitrogen and oxygen atoms in total. The molecule has 8 rings (SSSR count). The molecule has 3 amide bonds. The van der Waals surface area contributed by atoms with Gasteiger partial charge in [-0.25, -0.2) is 14.8 Å². The largest absolute Gasteiger partial charge is 0.494 e. The smallest absolute Gasteiger partial charge is 0.433 e. The Labute approximate surface area is 318 Å². The Hall–Kier alpha value is -5.78. The molecule has 6 heterocycles. The molecule has 4 aromatic heterocycles. The van der Waals surface area contributed by atoms with Gasteiger partial charge in [0.25, 0.3) is 5.91 Å². The van der Waals surface area contributed by atoms with E-state index in [1.54, 1.807) is 30.9 Å². The molecular formula is C38H41F3N10O5. The number of ether oxygens (including phenoxy) is 1. The number of imidazole rings is 1. The minimum atomic E-state index is -4.66. The standard InChI is InChI=1S/C38H41F3N10O5/c1-47-33-27(51(37(47)55)28-11-13-32(52)45-36(28)54)10-12-29(56-2)34(33)49-16-14-48(15-17-49)20-22-6-8-24(9-7-22)50-21-23-18-31(42-19-26(23)46-50)44-35(53)25-4-3-5-30(43-25)38(39,40)41/h3-5,10,12,18-19,21-22,24,28H,6-9,11,13-17,20H2,1-2H3,(H,44,53)(H,45,52,54). The first-order valence-corrected chi connectivity index (χ1v) is 18.7. The number of aromatic nitrogens is 6. The van der Waals surface area contributed by atoms with Crippen LogP contribution >= 0.6 is 0 Å². The van der Waals surface area contributed by atoms with Gasteiger partial charge in [-0.15, -0.1) is 0 Å². The molecule has 56 heavy (non-hydrogen) atoms. The average molecular weight is 775 g/mol. The van der Waals surface area contributed by atoms with Gasteiger partial charge in [0, 0.05) is 57.8 Å². The molecule has 2 saturated heterocycles. The molecule has 1 aliphatic carbocycles. The highest BCUT2D eigenvalue weighted by Gasteiger charge is 2.35. The fourth-order valence-electron chi connectivity index (χ4n) is 8.35. The van der Waals surface area contributed by atoms with E-state index in [0.29, 0.717) is 28.2 Å². The van der Waals surface area contributed by atoms with Crippen molar-refractivity contribution >= 4 is 51.2 Å². The summed E-state index contributed by atoms with van der Waals surface area (Å²) < 4.78 is 50.0. The van der Waals surface area contributed by atoms with Crippen LogP contribution in [-0.4, -0.2) is 91.3 Å². The summed E-state index contributed by atoms with van der Waals surface area (Å²) in [4.78, 5) is 63.2. The maximum Gasteiger partial charge on any atom is 0.433 e. The summed E-state index contributed by atoms with van der Waals surface area (Å²) in [5, 5.41) is 10.4. The molecule has 1 atom stereocenters. The van der Waals surface area contributed by atoms with E-state index in [-0.39, 0.29) is 42.0 Å². The van der Waals surface area contributed by atoms with Crippen molar-refractivity contribution in [2.45, 2.75) is 56.8 Å². The highest BCUT2D eigenvalue weighted by atomic mass is 19.4. The van der Waals surface area contributed by atoms with Gasteiger partial charge in [0.15, 0.2) is 0 Å². The third-order valence-electron chi connectivity index (χ3n) is 11.2. The molecule has 0 spiro atoms. The van der Waals surface area contributed by atoms with Gasteiger partial charge in [-0.1, -0.05) is 6.07 Å². The number of piperidine rings is 1. The van der Waals surface area contributed by atoms with Crippen LogP contribution in [0, 0.1) is 5.92 Å². The first-order chi connectivity index (χ1) is 26.9. The van der Waals surface area contributed by atoms with Gasteiger partial charge in [-0.05, 0) is 68.4 Å². The Morgan fingerprint density at radius 2 is 1.79 bits per heavy atom. The molecule has 2 N–H and O–H groups in total. The number of hydrogen-bond acceptors (Lipinski definition) is 10. The first kappa shape index (κ1) is 37.2. The molecule has 1 aromatic carbocycles. The number of nitrogens with one attached hydrogen (secondary N) is 2. The highest BCUT2D eigenvalue weighted by molar-refractivity contribution is 6.03. The molecule has 0 radical (unpaired) electrons. The molecule has 0 bridgehead atoms. The molecule has 3 aliphatic rings. The predicted octanol–water partition coefficient (Wildman–Crippen LogP) is 4.29. The van der Waals surface area contributed by atoms with E-state index in [4.69, 9.17) is 9.84 Å². The van der Waals surface area contributed by atoms with Crippen molar-refractivity contribution in [3.63, 3.8) is 0 Å². The van der Waals surface area contributed by atoms with E-state index in [9.17, 15) is 32.3 Å². The van der Waals surface area contributed by atoms with Crippen LogP contribution in [0.25, 0.3) is 21.9 Å². The quantitative estimate of drug-likeness (QED) is 0.218. The number of halogens is 3. The van der Waals surface area contributed by atoms with Gasteiger partial charge in [0.05, 0.1) is 30.4 Å². The minimum absolute atomic E-state index is 0.171. The fraction of sp³-hybridized carbons (Fsp3) is 0.447. The number of imide groups is 1. The van der Waals surface area contributed by atoms with E-state index in [2.05, 4.69) is 30.4 Å². The van der Waals surface area contributed by atoms with E-state index in [1.807, 2.05) is 16.9 Å². The Balaban J connectivity index is 0.878. The van der Waals surface area contributed by atoms with Crippen LogP contribution in [0.5, 0.6) is 5.75 Å². The molecule has 2 aliphatic heterocycles. The third-order valence-corrected chi connectivity index (χ3v) is 11.2. The third kappa shape index (κ3) is 7.08. The number of nitrogens with zero attached hydrogens (tertiary/aromatic N) is 8. The van der Waals surface area contributed by atoms with Crippen LogP contribution in [-0.2, 0) is 22.8 Å². The van der Waals surface area contributed by atoms with Crippen molar-refractivity contribution in [2.75, 3.05) is 50.1 Å². The van der Waals surface area contributed by atoms with Gasteiger partial charge >= 0.3 is 11.9 Å². The molecular weight excluding hydrogens is 733 g/mol. The zero-order valence-corrected chi connectivity index (χ0v) is 30.9. The average Bonchev–Trinajstić information content (AvgIpc) is 3.72. The van der Waals surface area contributed by atoms with E-state index in [0.717, 1.165) is 81.6 Å². The van der Waals surface area contributed by atoms with E-state index in [1.165, 1.54) is 16.8 Å². The lowest BCUT2D eigenvalue weighted by Gasteiger charge is -2.39. The lowest BCUT2D eigenvalue weighted by atomic mass is 9.85. The second kappa shape index (κ2) is 14.7. The maximum atomic E-state index is 13.5. The normalized spacial score (nSPS) is 21.1. The number of amides is 3. The number of methoxy groups -OCH3 is 1. The van der Waals surface area contributed by atoms with E-state index >= 15 is 0 Å². The number of piperazine rings is 1. The summed E-state index contributed by atoms with van der Waals surface area (Å²) in [6, 6.07) is 7.90. The lowest BCUT2D eigenvalue weighted by molar-refractivity contribution is -0.141. The summed E-state index contributed by atoms with van der Waals surface area (Å²) in [5.74, 6) is -0.231. The molecule has 5 aromatic rings. The van der Waals surface area contributed by atoms with Crippen molar-refractivity contribution < 1.29 is 32.3 Å². The van der Waals surface area contributed by atoms with Gasteiger partial charge in [-0.2, -0.15) is 18.3 Å². The van der Waals surface area contributed by atoms with Crippen molar-refractivity contribution in [1.29, 1.82) is 0 Å². The Kier molecular flexibility index (Phi) is 9.76. The monoisotopic (exact) mass is 774 g/mol. The number of anilines is 2. The second-order valence-corrected chi connectivity index (χ2v) is 14.7. The Bertz CT molecular complexity index is 2390. The summed E-state index contributed by atoms with van der Waals surface area (Å²) in [5.41, 5.74) is 0.973. The topological polar surface area (TPSA) is 162 Å². The van der Waals surface area contributed by atoms with Gasteiger partial charge in [0.1, 0.15) is 40.2 Å². The Morgan fingerprint density at radius 1 is 1.02 bits per heavy atom. The molecule has 3 fully saturated rings. The maximum absolute atomic E-state index is 13.5. The number of aryl methyl sites for hydroxylation is 1. The second-order valence-electron chi connectivity index (χ2n) is 14.7. The number of rotatable bonds is 8. The lowest BCUT2D eigenvalue weighted by Crippen LogP contribution is -2.48. The van der Waals surface area contributed by atoms with Crippen LogP contribution in [0.3, 0.4) is 0 Å². The van der Waals surface area contributed by atoms with Crippen LogP contribution in [0.15, 0.2) is 53.6 Å². The molecule has 294 valence electrons. The predicted molar refractivity (Wildman–Crippen MR) is 200 cm³/mol. The molecule has 1 unspecified atom stereocenters. The van der Waals surface area contributed by atoms with Gasteiger partial charge in [0.2, 0.25) is 11.8 Å². The SMILES string of the molecule is COc1ccc2c(c1N1CCN(CC3CCC(n4cc5cc(NC(=O)c6cccc(C(F)(F)F)n6)ncc5n4)CC3)CC1)n(C)c(=O)n2C1CCC(=O)NC1=O. The summed E-state index contributed by atoms with van der Waals surface area (Å²) >= 11 is 0. The van der Waals surface area contributed by atoms with Crippen LogP contribution in [0.1, 0.15) is 66.8 Å². The molecule has 1 saturated carbocycles. The number of hydrogen-bond donors (Lipinski definition) is 2. The van der Waals surface area contributed by atoms with Crippen molar-refractivity contribution in [2.24, 2.45) is 13.0 Å². The van der Waals surface area contributed by atoms with Gasteiger partial charge in [-0.3, -0.25) is 38.4 Å². The van der Waals surface area contributed by atoms with Crippen molar-refractivity contribution in [1.82, 2.24) is 39.1 Å². The molecule has 18 heteroatoms. The number of alkyl halides is 3. The first-order valence-electron chi connectivity index (χ1n) is 18.7. The van der Waals surface area contributed by atoms with Crippen molar-refractivity contribution in [3.8, 4) is 5.75 Å². The number of carbonyl (C=O) groups is 3. The zero-order chi connectivity index (χ0) is 39.3. The fourth-order valence-corrected chi connectivity index (χ4v) is 8.35. The summed E-state index contributed by atoms with van der Waals surface area (Å²) in [7, 11) is 3.31.